The molecule has 0 bridgehead atoms. The number of carbonyl (C=O) groups is 2. The standard InChI is InChI=1S/C13H15N3O2S/c1-7-3-4-8(2)9(5-7)15-11(17)6-10-12(18)16-13(14)19-10/h3-5,10H,6H2,1-2H3,(H,15,17)(H2,14,16,18)/t10-/m0/s1. The number of thioether (sulfide) groups is 1. The van der Waals surface area contributed by atoms with Crippen molar-refractivity contribution in [3.8, 4) is 0 Å². The third-order valence-corrected chi connectivity index (χ3v) is 3.78. The van der Waals surface area contributed by atoms with Gasteiger partial charge in [0.25, 0.3) is 5.91 Å². The second-order valence-corrected chi connectivity index (χ2v) is 5.69. The summed E-state index contributed by atoms with van der Waals surface area (Å²) in [5, 5.41) is 2.55. The largest absolute Gasteiger partial charge is 0.378 e. The van der Waals surface area contributed by atoms with Gasteiger partial charge in [-0.05, 0) is 31.0 Å². The van der Waals surface area contributed by atoms with E-state index >= 15 is 0 Å². The van der Waals surface area contributed by atoms with Crippen LogP contribution in [0.1, 0.15) is 17.5 Å². The molecule has 1 heterocycles. The van der Waals surface area contributed by atoms with Crippen LogP contribution in [0.5, 0.6) is 0 Å². The van der Waals surface area contributed by atoms with Crippen molar-refractivity contribution >= 4 is 34.4 Å². The molecule has 2 rings (SSSR count). The summed E-state index contributed by atoms with van der Waals surface area (Å²) in [6.45, 7) is 3.88. The molecule has 1 aromatic carbocycles. The second kappa shape index (κ2) is 5.44. The zero-order valence-corrected chi connectivity index (χ0v) is 11.6. The molecule has 19 heavy (non-hydrogen) atoms. The molecular weight excluding hydrogens is 262 g/mol. The van der Waals surface area contributed by atoms with E-state index in [1.807, 2.05) is 32.0 Å². The first-order valence-electron chi connectivity index (χ1n) is 5.87. The van der Waals surface area contributed by atoms with Crippen molar-refractivity contribution in [1.82, 2.24) is 0 Å². The van der Waals surface area contributed by atoms with E-state index in [-0.39, 0.29) is 23.4 Å². The minimum absolute atomic E-state index is 0.0844. The van der Waals surface area contributed by atoms with Crippen LogP contribution in [0.2, 0.25) is 0 Å². The van der Waals surface area contributed by atoms with Crippen LogP contribution < -0.4 is 11.1 Å². The zero-order valence-electron chi connectivity index (χ0n) is 10.8. The van der Waals surface area contributed by atoms with Gasteiger partial charge >= 0.3 is 0 Å². The fourth-order valence-corrected chi connectivity index (χ4v) is 2.59. The highest BCUT2D eigenvalue weighted by molar-refractivity contribution is 8.15. The number of nitrogens with one attached hydrogen (secondary N) is 1. The molecule has 0 aliphatic carbocycles. The Bertz CT molecular complexity index is 569. The summed E-state index contributed by atoms with van der Waals surface area (Å²) in [5.41, 5.74) is 8.28. The van der Waals surface area contributed by atoms with E-state index in [2.05, 4.69) is 10.3 Å². The van der Waals surface area contributed by atoms with Crippen molar-refractivity contribution in [3.05, 3.63) is 29.3 Å². The van der Waals surface area contributed by atoms with E-state index in [1.165, 1.54) is 0 Å². The third kappa shape index (κ3) is 3.35. The van der Waals surface area contributed by atoms with Crippen LogP contribution >= 0.6 is 11.8 Å². The van der Waals surface area contributed by atoms with Gasteiger partial charge in [-0.15, -0.1) is 0 Å². The Morgan fingerprint density at radius 2 is 2.21 bits per heavy atom. The number of rotatable bonds is 3. The van der Waals surface area contributed by atoms with Gasteiger partial charge in [-0.25, -0.2) is 0 Å². The van der Waals surface area contributed by atoms with Crippen LogP contribution in [0.4, 0.5) is 5.69 Å². The Labute approximate surface area is 115 Å². The summed E-state index contributed by atoms with van der Waals surface area (Å²) < 4.78 is 0. The zero-order chi connectivity index (χ0) is 14.0. The number of benzene rings is 1. The number of hydrogen-bond acceptors (Lipinski definition) is 4. The maximum atomic E-state index is 11.9. The normalized spacial score (nSPS) is 18.3. The number of amidine groups is 1. The monoisotopic (exact) mass is 277 g/mol. The average Bonchev–Trinajstić information content (AvgIpc) is 2.62. The molecule has 0 aromatic heterocycles. The first kappa shape index (κ1) is 13.6. The Morgan fingerprint density at radius 3 is 2.84 bits per heavy atom. The number of aliphatic imine (C=N–C) groups is 1. The molecule has 100 valence electrons. The molecule has 0 unspecified atom stereocenters. The van der Waals surface area contributed by atoms with Crippen LogP contribution in [0.3, 0.4) is 0 Å². The maximum Gasteiger partial charge on any atom is 0.262 e. The quantitative estimate of drug-likeness (QED) is 0.878. The second-order valence-electron chi connectivity index (χ2n) is 4.47. The molecule has 0 saturated heterocycles. The van der Waals surface area contributed by atoms with E-state index in [4.69, 9.17) is 5.73 Å². The van der Waals surface area contributed by atoms with Crippen molar-refractivity contribution in [2.24, 2.45) is 10.7 Å². The third-order valence-electron chi connectivity index (χ3n) is 2.80. The average molecular weight is 277 g/mol. The molecular formula is C13H15N3O2S. The highest BCUT2D eigenvalue weighted by atomic mass is 32.2. The fourth-order valence-electron chi connectivity index (χ4n) is 1.77. The van der Waals surface area contributed by atoms with Crippen molar-refractivity contribution in [2.75, 3.05) is 5.32 Å². The van der Waals surface area contributed by atoms with Gasteiger partial charge in [0, 0.05) is 12.1 Å². The molecule has 1 aliphatic rings. The molecule has 2 amide bonds. The predicted octanol–water partition coefficient (Wildman–Crippen LogP) is 1.59. The van der Waals surface area contributed by atoms with Crippen LogP contribution in [0.25, 0.3) is 0 Å². The van der Waals surface area contributed by atoms with Crippen molar-refractivity contribution < 1.29 is 9.59 Å². The van der Waals surface area contributed by atoms with Gasteiger partial charge in [0.2, 0.25) is 5.91 Å². The number of nitrogens with zero attached hydrogens (tertiary/aromatic N) is 1. The summed E-state index contributed by atoms with van der Waals surface area (Å²) >= 11 is 1.14. The molecule has 0 saturated carbocycles. The van der Waals surface area contributed by atoms with Gasteiger partial charge in [0.15, 0.2) is 5.17 Å². The molecule has 6 heteroatoms. The first-order valence-corrected chi connectivity index (χ1v) is 6.75. The lowest BCUT2D eigenvalue weighted by molar-refractivity contribution is -0.121. The maximum absolute atomic E-state index is 11.9. The molecule has 5 nitrogen and oxygen atoms in total. The number of aryl methyl sites for hydroxylation is 2. The molecule has 3 N–H and O–H groups in total. The van der Waals surface area contributed by atoms with Crippen LogP contribution in [-0.2, 0) is 9.59 Å². The van der Waals surface area contributed by atoms with Gasteiger partial charge in [0.1, 0.15) is 5.25 Å². The number of nitrogens with two attached hydrogens (primary N) is 1. The Hall–Kier alpha value is -1.82. The topological polar surface area (TPSA) is 84.6 Å². The Balaban J connectivity index is 1.99. The van der Waals surface area contributed by atoms with Gasteiger partial charge in [-0.3, -0.25) is 9.59 Å². The summed E-state index contributed by atoms with van der Waals surface area (Å²) in [4.78, 5) is 26.9. The minimum Gasteiger partial charge on any atom is -0.378 e. The molecule has 1 aromatic rings. The first-order chi connectivity index (χ1) is 8.95. The van der Waals surface area contributed by atoms with Crippen LogP contribution in [0.15, 0.2) is 23.2 Å². The predicted molar refractivity (Wildman–Crippen MR) is 77.2 cm³/mol. The molecule has 0 radical (unpaired) electrons. The lowest BCUT2D eigenvalue weighted by Crippen LogP contribution is -2.22. The fraction of sp³-hybridized carbons (Fsp3) is 0.308. The summed E-state index contributed by atoms with van der Waals surface area (Å²) in [6, 6.07) is 5.83. The Morgan fingerprint density at radius 1 is 1.47 bits per heavy atom. The lowest BCUT2D eigenvalue weighted by Gasteiger charge is -2.10. The highest BCUT2D eigenvalue weighted by Gasteiger charge is 2.29. The van der Waals surface area contributed by atoms with Crippen molar-refractivity contribution in [1.29, 1.82) is 0 Å². The molecule has 0 fully saturated rings. The van der Waals surface area contributed by atoms with Gasteiger partial charge in [-0.2, -0.15) is 4.99 Å². The summed E-state index contributed by atoms with van der Waals surface area (Å²) in [7, 11) is 0. The van der Waals surface area contributed by atoms with Crippen LogP contribution in [0, 0.1) is 13.8 Å². The van der Waals surface area contributed by atoms with Crippen LogP contribution in [-0.4, -0.2) is 22.2 Å². The van der Waals surface area contributed by atoms with E-state index in [9.17, 15) is 9.59 Å². The van der Waals surface area contributed by atoms with Gasteiger partial charge < -0.3 is 11.1 Å². The number of anilines is 1. The lowest BCUT2D eigenvalue weighted by atomic mass is 10.1. The van der Waals surface area contributed by atoms with E-state index < -0.39 is 5.25 Å². The molecule has 1 aliphatic heterocycles. The smallest absolute Gasteiger partial charge is 0.262 e. The minimum atomic E-state index is -0.495. The van der Waals surface area contributed by atoms with Crippen molar-refractivity contribution in [2.45, 2.75) is 25.5 Å². The summed E-state index contributed by atoms with van der Waals surface area (Å²) in [5.74, 6) is -0.539. The van der Waals surface area contributed by atoms with Gasteiger partial charge in [-0.1, -0.05) is 23.9 Å². The number of carbonyl (C=O) groups excluding carboxylic acids is 2. The van der Waals surface area contributed by atoms with E-state index in [0.717, 1.165) is 28.6 Å². The number of amides is 2. The number of hydrogen-bond donors (Lipinski definition) is 2. The highest BCUT2D eigenvalue weighted by Crippen LogP contribution is 2.24. The summed E-state index contributed by atoms with van der Waals surface area (Å²) in [6.07, 6.45) is 0.0844. The van der Waals surface area contributed by atoms with E-state index in [1.54, 1.807) is 0 Å². The molecule has 1 atom stereocenters. The van der Waals surface area contributed by atoms with E-state index in [0.29, 0.717) is 0 Å². The van der Waals surface area contributed by atoms with Crippen molar-refractivity contribution in [3.63, 3.8) is 0 Å². The Kier molecular flexibility index (Phi) is 3.90. The van der Waals surface area contributed by atoms with Gasteiger partial charge in [0.05, 0.1) is 0 Å². The SMILES string of the molecule is Cc1ccc(C)c(NC(=O)C[C@@H]2SC(N)=NC2=O)c1. The molecule has 0 spiro atoms.